The van der Waals surface area contributed by atoms with Crippen molar-refractivity contribution in [2.24, 2.45) is 4.99 Å². The molecule has 0 heterocycles. The van der Waals surface area contributed by atoms with Gasteiger partial charge in [-0.25, -0.2) is 0 Å². The van der Waals surface area contributed by atoms with Gasteiger partial charge in [-0.15, -0.1) is 4.99 Å². The molecular formula is C10H11N3OS. The van der Waals surface area contributed by atoms with Crippen molar-refractivity contribution in [3.05, 3.63) is 24.3 Å². The molecule has 0 bridgehead atoms. The molecule has 78 valence electrons. The van der Waals surface area contributed by atoms with E-state index in [2.05, 4.69) is 4.99 Å². The highest BCUT2D eigenvalue weighted by molar-refractivity contribution is 8.13. The number of hydrogen-bond donors (Lipinski definition) is 1. The van der Waals surface area contributed by atoms with E-state index in [4.69, 9.17) is 5.26 Å². The standard InChI is InChI=1S/C10H11N3OS/c1-13(10(15-2)12-7-11)8-4-3-5-9(14)6-8/h3-6,14H,1-2H3. The second kappa shape index (κ2) is 5.27. The van der Waals surface area contributed by atoms with E-state index >= 15 is 0 Å². The summed E-state index contributed by atoms with van der Waals surface area (Å²) in [5.41, 5.74) is 0.790. The topological polar surface area (TPSA) is 59.6 Å². The lowest BCUT2D eigenvalue weighted by Gasteiger charge is -2.18. The van der Waals surface area contributed by atoms with E-state index in [0.29, 0.717) is 5.17 Å². The summed E-state index contributed by atoms with van der Waals surface area (Å²) in [7, 11) is 1.79. The van der Waals surface area contributed by atoms with Crippen LogP contribution in [0.2, 0.25) is 0 Å². The zero-order valence-corrected chi connectivity index (χ0v) is 9.32. The summed E-state index contributed by atoms with van der Waals surface area (Å²) in [6.07, 6.45) is 3.59. The fourth-order valence-corrected chi connectivity index (χ4v) is 1.62. The number of benzene rings is 1. The van der Waals surface area contributed by atoms with Crippen LogP contribution in [0.15, 0.2) is 29.3 Å². The average molecular weight is 221 g/mol. The van der Waals surface area contributed by atoms with Gasteiger partial charge >= 0.3 is 0 Å². The molecule has 0 aliphatic rings. The molecule has 15 heavy (non-hydrogen) atoms. The highest BCUT2D eigenvalue weighted by atomic mass is 32.2. The number of aliphatic imine (C=N–C) groups is 1. The third kappa shape index (κ3) is 2.89. The van der Waals surface area contributed by atoms with Crippen LogP contribution in [-0.2, 0) is 0 Å². The Balaban J connectivity index is 2.98. The number of hydrogen-bond acceptors (Lipinski definition) is 4. The Hall–Kier alpha value is -1.67. The van der Waals surface area contributed by atoms with Crippen molar-refractivity contribution in [2.75, 3.05) is 18.2 Å². The largest absolute Gasteiger partial charge is 0.508 e. The minimum absolute atomic E-state index is 0.191. The molecular weight excluding hydrogens is 210 g/mol. The number of phenols is 1. The van der Waals surface area contributed by atoms with Crippen LogP contribution in [0.4, 0.5) is 5.69 Å². The molecule has 4 nitrogen and oxygen atoms in total. The Kier molecular flexibility index (Phi) is 4.01. The lowest BCUT2D eigenvalue weighted by molar-refractivity contribution is 0.475. The van der Waals surface area contributed by atoms with Crippen molar-refractivity contribution in [2.45, 2.75) is 0 Å². The first-order chi connectivity index (χ1) is 7.19. The van der Waals surface area contributed by atoms with Crippen LogP contribution in [-0.4, -0.2) is 23.6 Å². The normalized spacial score (nSPS) is 10.9. The molecule has 0 atom stereocenters. The summed E-state index contributed by atoms with van der Waals surface area (Å²) < 4.78 is 0. The Morgan fingerprint density at radius 1 is 1.60 bits per heavy atom. The number of thioether (sulfide) groups is 1. The average Bonchev–Trinajstić information content (AvgIpc) is 2.25. The summed E-state index contributed by atoms with van der Waals surface area (Å²) in [6.45, 7) is 0. The number of nitriles is 1. The molecule has 1 rings (SSSR count). The summed E-state index contributed by atoms with van der Waals surface area (Å²) in [5.74, 6) is 0.191. The molecule has 0 aliphatic carbocycles. The van der Waals surface area contributed by atoms with Crippen molar-refractivity contribution in [3.63, 3.8) is 0 Å². The number of rotatable bonds is 1. The van der Waals surface area contributed by atoms with Crippen molar-refractivity contribution in [1.29, 1.82) is 5.26 Å². The monoisotopic (exact) mass is 221 g/mol. The van der Waals surface area contributed by atoms with Crippen LogP contribution in [0.5, 0.6) is 5.75 Å². The van der Waals surface area contributed by atoms with Crippen LogP contribution < -0.4 is 4.90 Å². The number of nitrogens with zero attached hydrogens (tertiary/aromatic N) is 3. The van der Waals surface area contributed by atoms with Crippen molar-refractivity contribution < 1.29 is 5.11 Å². The van der Waals surface area contributed by atoms with E-state index in [1.165, 1.54) is 11.8 Å². The van der Waals surface area contributed by atoms with E-state index in [9.17, 15) is 5.11 Å². The van der Waals surface area contributed by atoms with E-state index in [-0.39, 0.29) is 5.75 Å². The van der Waals surface area contributed by atoms with Crippen LogP contribution >= 0.6 is 11.8 Å². The van der Waals surface area contributed by atoms with E-state index in [1.54, 1.807) is 36.3 Å². The van der Waals surface area contributed by atoms with Crippen LogP contribution in [0, 0.1) is 11.5 Å². The lowest BCUT2D eigenvalue weighted by Crippen LogP contribution is -2.22. The van der Waals surface area contributed by atoms with Crippen molar-refractivity contribution in [3.8, 4) is 11.9 Å². The van der Waals surface area contributed by atoms with E-state index in [1.807, 2.05) is 12.3 Å². The molecule has 0 fully saturated rings. The predicted octanol–water partition coefficient (Wildman–Crippen LogP) is 2.03. The van der Waals surface area contributed by atoms with Gasteiger partial charge in [0.1, 0.15) is 5.75 Å². The van der Waals surface area contributed by atoms with Gasteiger partial charge in [0.2, 0.25) is 6.19 Å². The smallest absolute Gasteiger partial charge is 0.208 e. The van der Waals surface area contributed by atoms with Crippen LogP contribution in [0.25, 0.3) is 0 Å². The number of aromatic hydroxyl groups is 1. The van der Waals surface area contributed by atoms with Gasteiger partial charge in [0, 0.05) is 18.8 Å². The second-order valence-electron chi connectivity index (χ2n) is 2.78. The zero-order valence-electron chi connectivity index (χ0n) is 8.51. The second-order valence-corrected chi connectivity index (χ2v) is 3.55. The Bertz CT molecular complexity index is 411. The van der Waals surface area contributed by atoms with Crippen molar-refractivity contribution in [1.82, 2.24) is 0 Å². The van der Waals surface area contributed by atoms with Gasteiger partial charge in [0.05, 0.1) is 0 Å². The fraction of sp³-hybridized carbons (Fsp3) is 0.200. The first-order valence-corrected chi connectivity index (χ1v) is 5.45. The third-order valence-electron chi connectivity index (χ3n) is 1.83. The van der Waals surface area contributed by atoms with Gasteiger partial charge in [-0.2, -0.15) is 5.26 Å². The molecule has 0 aliphatic heterocycles. The van der Waals surface area contributed by atoms with Gasteiger partial charge in [-0.3, -0.25) is 0 Å². The molecule has 0 unspecified atom stereocenters. The fourth-order valence-electron chi connectivity index (χ4n) is 1.11. The minimum Gasteiger partial charge on any atom is -0.508 e. The summed E-state index contributed by atoms with van der Waals surface area (Å²) >= 11 is 1.38. The Morgan fingerprint density at radius 2 is 2.33 bits per heavy atom. The van der Waals surface area contributed by atoms with Gasteiger partial charge in [-0.05, 0) is 18.4 Å². The highest BCUT2D eigenvalue weighted by Gasteiger charge is 2.07. The third-order valence-corrected chi connectivity index (χ3v) is 2.56. The molecule has 1 aromatic carbocycles. The molecule has 0 spiro atoms. The quantitative estimate of drug-likeness (QED) is 0.448. The number of phenolic OH excluding ortho intramolecular Hbond substituents is 1. The van der Waals surface area contributed by atoms with Crippen molar-refractivity contribution >= 4 is 22.6 Å². The summed E-state index contributed by atoms with van der Waals surface area (Å²) in [5, 5.41) is 18.4. The van der Waals surface area contributed by atoms with Crippen LogP contribution in [0.1, 0.15) is 0 Å². The first-order valence-electron chi connectivity index (χ1n) is 4.22. The number of anilines is 1. The first kappa shape index (κ1) is 11.4. The predicted molar refractivity (Wildman–Crippen MR) is 63.1 cm³/mol. The van der Waals surface area contributed by atoms with Gasteiger partial charge in [-0.1, -0.05) is 17.8 Å². The lowest BCUT2D eigenvalue weighted by atomic mass is 10.3. The maximum atomic E-state index is 9.31. The maximum Gasteiger partial charge on any atom is 0.208 e. The molecule has 0 saturated heterocycles. The summed E-state index contributed by atoms with van der Waals surface area (Å²) in [4.78, 5) is 5.42. The molecule has 5 heteroatoms. The van der Waals surface area contributed by atoms with Crippen LogP contribution in [0.3, 0.4) is 0 Å². The molecule has 0 saturated carbocycles. The molecule has 0 aromatic heterocycles. The zero-order chi connectivity index (χ0) is 11.3. The van der Waals surface area contributed by atoms with E-state index in [0.717, 1.165) is 5.69 Å². The van der Waals surface area contributed by atoms with E-state index < -0.39 is 0 Å². The molecule has 1 aromatic rings. The maximum absolute atomic E-state index is 9.31. The van der Waals surface area contributed by atoms with Gasteiger partial charge in [0.25, 0.3) is 0 Å². The molecule has 0 amide bonds. The Labute approximate surface area is 92.9 Å². The minimum atomic E-state index is 0.191. The summed E-state index contributed by atoms with van der Waals surface area (Å²) in [6, 6.07) is 6.79. The van der Waals surface area contributed by atoms with Gasteiger partial charge < -0.3 is 10.0 Å². The molecule has 0 radical (unpaired) electrons. The Morgan fingerprint density at radius 3 is 2.87 bits per heavy atom. The SMILES string of the molecule is CSC(=NC#N)N(C)c1cccc(O)c1. The highest BCUT2D eigenvalue weighted by Crippen LogP contribution is 2.21. The van der Waals surface area contributed by atoms with Gasteiger partial charge in [0.15, 0.2) is 5.17 Å². The molecule has 1 N–H and O–H groups in total. The number of amidine groups is 1.